The summed E-state index contributed by atoms with van der Waals surface area (Å²) in [6, 6.07) is 3.63. The molecule has 0 radical (unpaired) electrons. The van der Waals surface area contributed by atoms with Gasteiger partial charge in [0.25, 0.3) is 10.0 Å². The van der Waals surface area contributed by atoms with Gasteiger partial charge in [0.15, 0.2) is 5.03 Å². The largest absolute Gasteiger partial charge is 0.354 e. The van der Waals surface area contributed by atoms with Crippen molar-refractivity contribution in [1.82, 2.24) is 14.3 Å². The average Bonchev–Trinajstić information content (AvgIpc) is 2.96. The molecule has 0 bridgehead atoms. The van der Waals surface area contributed by atoms with Crippen molar-refractivity contribution in [1.29, 1.82) is 0 Å². The minimum absolute atomic E-state index is 0.146. The Kier molecular flexibility index (Phi) is 4.35. The van der Waals surface area contributed by atoms with E-state index in [1.807, 2.05) is 6.07 Å². The lowest BCUT2D eigenvalue weighted by Gasteiger charge is -2.34. The van der Waals surface area contributed by atoms with E-state index < -0.39 is 10.0 Å². The topological polar surface area (TPSA) is 66.4 Å². The number of aromatic nitrogens is 2. The lowest BCUT2D eigenvalue weighted by molar-refractivity contribution is 0.382. The molecule has 0 amide bonds. The molecule has 0 unspecified atom stereocenters. The second-order valence-corrected chi connectivity index (χ2v) is 8.31. The van der Waals surface area contributed by atoms with Gasteiger partial charge in [-0.1, -0.05) is 11.6 Å². The first-order valence-electron chi connectivity index (χ1n) is 6.75. The molecule has 3 rings (SSSR count). The van der Waals surface area contributed by atoms with E-state index in [0.717, 1.165) is 10.8 Å². The number of thiazole rings is 1. The minimum Gasteiger partial charge on any atom is -0.354 e. The Hall–Kier alpha value is -1.22. The predicted octanol–water partition coefficient (Wildman–Crippen LogP) is 2.01. The standard InChI is InChI=1S/C13H15ClN4O2S2/c1-10-16-13(9-21-10)22(19,20)18-6-4-17(5-7-18)12-3-2-11(14)8-15-12/h2-3,8-9H,4-7H2,1H3. The maximum Gasteiger partial charge on any atom is 0.261 e. The zero-order valence-electron chi connectivity index (χ0n) is 11.9. The average molecular weight is 359 g/mol. The van der Waals surface area contributed by atoms with Gasteiger partial charge in [-0.15, -0.1) is 11.3 Å². The summed E-state index contributed by atoms with van der Waals surface area (Å²) < 4.78 is 26.5. The van der Waals surface area contributed by atoms with Crippen molar-refractivity contribution in [2.24, 2.45) is 0 Å². The summed E-state index contributed by atoms with van der Waals surface area (Å²) in [7, 11) is -3.49. The van der Waals surface area contributed by atoms with Gasteiger partial charge in [0.1, 0.15) is 5.82 Å². The first-order chi connectivity index (χ1) is 10.5. The molecule has 118 valence electrons. The fourth-order valence-corrected chi connectivity index (χ4v) is 4.74. The molecule has 22 heavy (non-hydrogen) atoms. The number of halogens is 1. The van der Waals surface area contributed by atoms with Gasteiger partial charge >= 0.3 is 0 Å². The summed E-state index contributed by atoms with van der Waals surface area (Å²) in [5.74, 6) is 0.811. The van der Waals surface area contributed by atoms with Gasteiger partial charge < -0.3 is 4.90 Å². The number of hydrogen-bond acceptors (Lipinski definition) is 6. The van der Waals surface area contributed by atoms with Crippen LogP contribution in [0.25, 0.3) is 0 Å². The zero-order chi connectivity index (χ0) is 15.7. The maximum atomic E-state index is 12.5. The fraction of sp³-hybridized carbons (Fsp3) is 0.385. The molecule has 1 aliphatic heterocycles. The molecular weight excluding hydrogens is 344 g/mol. The van der Waals surface area contributed by atoms with Crippen molar-refractivity contribution in [3.05, 3.63) is 33.7 Å². The summed E-state index contributed by atoms with van der Waals surface area (Å²) in [5.41, 5.74) is 0. The van der Waals surface area contributed by atoms with Crippen LogP contribution < -0.4 is 4.90 Å². The highest BCUT2D eigenvalue weighted by Gasteiger charge is 2.30. The number of pyridine rings is 1. The number of nitrogens with zero attached hydrogens (tertiary/aromatic N) is 4. The van der Waals surface area contributed by atoms with Crippen LogP contribution in [0.2, 0.25) is 5.02 Å². The quantitative estimate of drug-likeness (QED) is 0.839. The Labute approximate surface area is 138 Å². The molecule has 2 aromatic rings. The van der Waals surface area contributed by atoms with E-state index in [1.54, 1.807) is 24.6 Å². The Bertz CT molecular complexity index is 753. The van der Waals surface area contributed by atoms with E-state index in [9.17, 15) is 8.42 Å². The number of anilines is 1. The molecule has 0 N–H and O–H groups in total. The first kappa shape index (κ1) is 15.7. The summed E-state index contributed by atoms with van der Waals surface area (Å²) in [6.07, 6.45) is 1.60. The molecule has 2 aromatic heterocycles. The normalized spacial score (nSPS) is 16.9. The lowest BCUT2D eigenvalue weighted by atomic mass is 10.3. The van der Waals surface area contributed by atoms with Crippen LogP contribution in [0.5, 0.6) is 0 Å². The molecule has 0 aliphatic carbocycles. The molecule has 3 heterocycles. The van der Waals surface area contributed by atoms with Crippen molar-refractivity contribution in [3.63, 3.8) is 0 Å². The van der Waals surface area contributed by atoms with Crippen molar-refractivity contribution >= 4 is 38.8 Å². The highest BCUT2D eigenvalue weighted by atomic mass is 35.5. The van der Waals surface area contributed by atoms with Crippen molar-refractivity contribution in [2.45, 2.75) is 11.9 Å². The van der Waals surface area contributed by atoms with Gasteiger partial charge in [-0.05, 0) is 19.1 Å². The van der Waals surface area contributed by atoms with Crippen LogP contribution in [0.4, 0.5) is 5.82 Å². The maximum absolute atomic E-state index is 12.5. The summed E-state index contributed by atoms with van der Waals surface area (Å²) in [5, 5.41) is 3.08. The Morgan fingerprint density at radius 3 is 2.50 bits per heavy atom. The number of sulfonamides is 1. The third-order valence-corrected chi connectivity index (χ3v) is 6.41. The van der Waals surface area contributed by atoms with E-state index in [1.165, 1.54) is 15.6 Å². The number of hydrogen-bond donors (Lipinski definition) is 0. The Morgan fingerprint density at radius 1 is 1.23 bits per heavy atom. The van der Waals surface area contributed by atoms with Crippen LogP contribution in [0.1, 0.15) is 5.01 Å². The van der Waals surface area contributed by atoms with E-state index in [4.69, 9.17) is 11.6 Å². The van der Waals surface area contributed by atoms with Crippen LogP contribution in [0, 0.1) is 6.92 Å². The lowest BCUT2D eigenvalue weighted by Crippen LogP contribution is -2.49. The molecule has 9 heteroatoms. The van der Waals surface area contributed by atoms with Gasteiger partial charge in [0.05, 0.1) is 10.0 Å². The molecule has 0 saturated carbocycles. The SMILES string of the molecule is Cc1nc(S(=O)(=O)N2CCN(c3ccc(Cl)cn3)CC2)cs1. The molecule has 0 atom stereocenters. The Morgan fingerprint density at radius 2 is 1.95 bits per heavy atom. The second kappa shape index (κ2) is 6.11. The minimum atomic E-state index is -3.49. The summed E-state index contributed by atoms with van der Waals surface area (Å²) in [4.78, 5) is 10.4. The van der Waals surface area contributed by atoms with Gasteiger partial charge in [-0.3, -0.25) is 0 Å². The number of aryl methyl sites for hydroxylation is 1. The molecule has 0 spiro atoms. The van der Waals surface area contributed by atoms with Gasteiger partial charge in [-0.2, -0.15) is 4.31 Å². The van der Waals surface area contributed by atoms with Gasteiger partial charge in [0, 0.05) is 37.8 Å². The van der Waals surface area contributed by atoms with Crippen LogP contribution in [0.15, 0.2) is 28.7 Å². The van der Waals surface area contributed by atoms with E-state index >= 15 is 0 Å². The molecule has 0 aromatic carbocycles. The third-order valence-electron chi connectivity index (χ3n) is 3.48. The molecule has 1 saturated heterocycles. The smallest absolute Gasteiger partial charge is 0.261 e. The predicted molar refractivity (Wildman–Crippen MR) is 87.1 cm³/mol. The molecule has 6 nitrogen and oxygen atoms in total. The Balaban J connectivity index is 1.70. The number of rotatable bonds is 3. The van der Waals surface area contributed by atoms with Crippen molar-refractivity contribution < 1.29 is 8.42 Å². The molecule has 1 fully saturated rings. The second-order valence-electron chi connectivity index (χ2n) is 4.93. The van der Waals surface area contributed by atoms with Crippen LogP contribution >= 0.6 is 22.9 Å². The summed E-state index contributed by atoms with van der Waals surface area (Å²) in [6.45, 7) is 3.83. The monoisotopic (exact) mass is 358 g/mol. The van der Waals surface area contributed by atoms with Gasteiger partial charge in [0.2, 0.25) is 0 Å². The van der Waals surface area contributed by atoms with Gasteiger partial charge in [-0.25, -0.2) is 18.4 Å². The highest BCUT2D eigenvalue weighted by molar-refractivity contribution is 7.89. The van der Waals surface area contributed by atoms with Crippen molar-refractivity contribution in [3.8, 4) is 0 Å². The molecular formula is C13H15ClN4O2S2. The molecule has 1 aliphatic rings. The highest BCUT2D eigenvalue weighted by Crippen LogP contribution is 2.21. The first-order valence-corrected chi connectivity index (χ1v) is 9.45. The van der Waals surface area contributed by atoms with E-state index in [0.29, 0.717) is 31.2 Å². The van der Waals surface area contributed by atoms with Crippen LogP contribution in [-0.4, -0.2) is 48.9 Å². The van der Waals surface area contributed by atoms with Crippen LogP contribution in [-0.2, 0) is 10.0 Å². The van der Waals surface area contributed by atoms with Crippen LogP contribution in [0.3, 0.4) is 0 Å². The van der Waals surface area contributed by atoms with E-state index in [2.05, 4.69) is 14.9 Å². The fourth-order valence-electron chi connectivity index (χ4n) is 2.31. The van der Waals surface area contributed by atoms with Crippen molar-refractivity contribution in [2.75, 3.05) is 31.1 Å². The third kappa shape index (κ3) is 3.10. The number of piperazine rings is 1. The zero-order valence-corrected chi connectivity index (χ0v) is 14.3. The van der Waals surface area contributed by atoms with E-state index in [-0.39, 0.29) is 5.03 Å². The summed E-state index contributed by atoms with van der Waals surface area (Å²) >= 11 is 7.17.